The van der Waals surface area contributed by atoms with Gasteiger partial charge in [0.15, 0.2) is 5.96 Å². The molecule has 4 aliphatic rings. The van der Waals surface area contributed by atoms with E-state index in [2.05, 4.69) is 51.5 Å². The van der Waals surface area contributed by atoms with Gasteiger partial charge in [-0.3, -0.25) is 24.4 Å². The molecule has 5 atom stereocenters. The molecule has 8 nitrogen and oxygen atoms in total. The average molecular weight is 530 g/mol. The summed E-state index contributed by atoms with van der Waals surface area (Å²) < 4.78 is 0. The van der Waals surface area contributed by atoms with Crippen molar-refractivity contribution in [2.45, 2.75) is 19.4 Å². The van der Waals surface area contributed by atoms with Gasteiger partial charge in [0.1, 0.15) is 0 Å². The molecular formula is C21H35IN6O2. The van der Waals surface area contributed by atoms with Crippen LogP contribution in [-0.2, 0) is 9.59 Å². The highest BCUT2D eigenvalue weighted by Gasteiger charge is 2.58. The van der Waals surface area contributed by atoms with Gasteiger partial charge in [-0.25, -0.2) is 0 Å². The highest BCUT2D eigenvalue weighted by molar-refractivity contribution is 14.0. The highest BCUT2D eigenvalue weighted by atomic mass is 127. The Kier molecular flexibility index (Phi) is 7.78. The van der Waals surface area contributed by atoms with Crippen molar-refractivity contribution in [2.24, 2.45) is 28.7 Å². The lowest BCUT2D eigenvalue weighted by molar-refractivity contribution is -0.140. The molecule has 0 aromatic rings. The zero-order chi connectivity index (χ0) is 20.5. The summed E-state index contributed by atoms with van der Waals surface area (Å²) in [4.78, 5) is 36.1. The molecule has 2 heterocycles. The number of piperazine rings is 1. The average Bonchev–Trinajstić information content (AvgIpc) is 3.40. The molecule has 9 heteroatoms. The molecule has 1 saturated carbocycles. The third kappa shape index (κ3) is 4.52. The van der Waals surface area contributed by atoms with Crippen LogP contribution in [0.1, 0.15) is 13.3 Å². The van der Waals surface area contributed by atoms with Gasteiger partial charge in [-0.05, 0) is 32.2 Å². The van der Waals surface area contributed by atoms with Crippen LogP contribution in [0, 0.1) is 23.7 Å². The van der Waals surface area contributed by atoms with Crippen molar-refractivity contribution < 1.29 is 9.59 Å². The summed E-state index contributed by atoms with van der Waals surface area (Å²) in [5.41, 5.74) is 0. The molecule has 5 unspecified atom stereocenters. The second kappa shape index (κ2) is 9.95. The zero-order valence-electron chi connectivity index (χ0n) is 18.2. The molecule has 2 aliphatic carbocycles. The molecule has 2 saturated heterocycles. The molecule has 3 fully saturated rings. The van der Waals surface area contributed by atoms with Gasteiger partial charge < -0.3 is 15.5 Å². The number of halogens is 1. The van der Waals surface area contributed by atoms with Crippen LogP contribution < -0.4 is 10.6 Å². The van der Waals surface area contributed by atoms with E-state index in [1.165, 1.54) is 4.90 Å². The van der Waals surface area contributed by atoms with Gasteiger partial charge in [0.05, 0.1) is 11.8 Å². The summed E-state index contributed by atoms with van der Waals surface area (Å²) in [6.07, 6.45) is 5.24. The number of nitrogens with zero attached hydrogens (tertiary/aromatic N) is 4. The third-order valence-electron chi connectivity index (χ3n) is 7.14. The van der Waals surface area contributed by atoms with Crippen LogP contribution in [0.3, 0.4) is 0 Å². The number of likely N-dealkylation sites (N-methyl/N-ethyl adjacent to an activating group) is 1. The van der Waals surface area contributed by atoms with Gasteiger partial charge in [-0.2, -0.15) is 0 Å². The smallest absolute Gasteiger partial charge is 0.233 e. The number of nitrogens with one attached hydrogen (secondary N) is 2. The molecule has 2 bridgehead atoms. The fraction of sp³-hybridized carbons (Fsp3) is 0.762. The molecule has 0 spiro atoms. The van der Waals surface area contributed by atoms with Crippen molar-refractivity contribution in [1.29, 1.82) is 0 Å². The largest absolute Gasteiger partial charge is 0.355 e. The Morgan fingerprint density at radius 1 is 1.10 bits per heavy atom. The van der Waals surface area contributed by atoms with Crippen LogP contribution in [0.2, 0.25) is 0 Å². The monoisotopic (exact) mass is 530 g/mol. The SMILES string of the molecule is CN=C(NCCN1C(=O)C2C3C=CC(C3)C2C1=O)NCC(C)N1CCN(C)CC1.I. The number of carbonyl (C=O) groups excluding carboxylic acids is 2. The summed E-state index contributed by atoms with van der Waals surface area (Å²) in [6.45, 7) is 8.34. The minimum atomic E-state index is -0.112. The second-order valence-corrected chi connectivity index (χ2v) is 8.90. The molecule has 168 valence electrons. The fourth-order valence-corrected chi connectivity index (χ4v) is 5.33. The van der Waals surface area contributed by atoms with Crippen LogP contribution >= 0.6 is 24.0 Å². The number of allylic oxidation sites excluding steroid dienone is 2. The predicted octanol–water partition coefficient (Wildman–Crippen LogP) is 0.212. The lowest BCUT2D eigenvalue weighted by atomic mass is 9.85. The van der Waals surface area contributed by atoms with Crippen LogP contribution in [0.15, 0.2) is 17.1 Å². The summed E-state index contributed by atoms with van der Waals surface area (Å²) in [6, 6.07) is 0.423. The van der Waals surface area contributed by atoms with Gasteiger partial charge >= 0.3 is 0 Å². The van der Waals surface area contributed by atoms with Gasteiger partial charge in [0.2, 0.25) is 11.8 Å². The number of carbonyl (C=O) groups is 2. The standard InChI is InChI=1S/C21H34N6O2.HI/c1-14(26-10-8-25(3)9-11-26)13-24-21(22-2)23-6-7-27-19(28)17-15-4-5-16(12-15)18(17)20(27)29;/h4-5,14-18H,6-13H2,1-3H3,(H2,22,23,24);1H. The van der Waals surface area contributed by atoms with Gasteiger partial charge in [0.25, 0.3) is 0 Å². The Labute approximate surface area is 196 Å². The molecule has 2 aliphatic heterocycles. The lowest BCUT2D eigenvalue weighted by Crippen LogP contribution is -2.52. The second-order valence-electron chi connectivity index (χ2n) is 8.90. The molecule has 30 heavy (non-hydrogen) atoms. The van der Waals surface area contributed by atoms with E-state index in [9.17, 15) is 9.59 Å². The van der Waals surface area contributed by atoms with E-state index >= 15 is 0 Å². The van der Waals surface area contributed by atoms with Gasteiger partial charge in [-0.15, -0.1) is 24.0 Å². The summed E-state index contributed by atoms with van der Waals surface area (Å²) in [5.74, 6) is 1.07. The maximum absolute atomic E-state index is 12.7. The third-order valence-corrected chi connectivity index (χ3v) is 7.14. The Morgan fingerprint density at radius 2 is 1.70 bits per heavy atom. The minimum absolute atomic E-state index is 0. The van der Waals surface area contributed by atoms with Crippen molar-refractivity contribution in [1.82, 2.24) is 25.3 Å². The van der Waals surface area contributed by atoms with Crippen molar-refractivity contribution in [3.05, 3.63) is 12.2 Å². The lowest BCUT2D eigenvalue weighted by Gasteiger charge is -2.36. The normalized spacial score (nSPS) is 32.4. The Morgan fingerprint density at radius 3 is 2.27 bits per heavy atom. The van der Waals surface area contributed by atoms with Crippen molar-refractivity contribution >= 4 is 41.8 Å². The van der Waals surface area contributed by atoms with Crippen LogP contribution in [-0.4, -0.2) is 98.4 Å². The van der Waals surface area contributed by atoms with Crippen LogP contribution in [0.4, 0.5) is 0 Å². The first kappa shape index (κ1) is 23.5. The Bertz CT molecular complexity index is 676. The van der Waals surface area contributed by atoms with E-state index in [1.807, 2.05) is 0 Å². The van der Waals surface area contributed by atoms with Gasteiger partial charge in [0, 0.05) is 58.9 Å². The van der Waals surface area contributed by atoms with Crippen molar-refractivity contribution in [3.63, 3.8) is 0 Å². The zero-order valence-corrected chi connectivity index (χ0v) is 20.5. The highest BCUT2D eigenvalue weighted by Crippen LogP contribution is 2.52. The van der Waals surface area contributed by atoms with E-state index < -0.39 is 0 Å². The Balaban J connectivity index is 0.00000256. The van der Waals surface area contributed by atoms with E-state index in [0.29, 0.717) is 25.1 Å². The predicted molar refractivity (Wildman–Crippen MR) is 128 cm³/mol. The summed E-state index contributed by atoms with van der Waals surface area (Å²) in [5, 5.41) is 6.63. The first-order valence-electron chi connectivity index (χ1n) is 10.9. The van der Waals surface area contributed by atoms with E-state index in [4.69, 9.17) is 0 Å². The molecule has 0 radical (unpaired) electrons. The number of fused-ring (bicyclic) bond motifs is 5. The maximum atomic E-state index is 12.7. The van der Waals surface area contributed by atoms with E-state index in [1.54, 1.807) is 7.05 Å². The maximum Gasteiger partial charge on any atom is 0.233 e. The number of guanidine groups is 1. The Hall–Kier alpha value is -1.20. The quantitative estimate of drug-likeness (QED) is 0.168. The fourth-order valence-electron chi connectivity index (χ4n) is 5.33. The van der Waals surface area contributed by atoms with Gasteiger partial charge in [-0.1, -0.05) is 12.2 Å². The van der Waals surface area contributed by atoms with Crippen LogP contribution in [0.25, 0.3) is 0 Å². The first-order valence-corrected chi connectivity index (χ1v) is 10.9. The number of rotatable bonds is 6. The van der Waals surface area contributed by atoms with Crippen molar-refractivity contribution in [2.75, 3.05) is 59.9 Å². The number of hydrogen-bond acceptors (Lipinski definition) is 5. The number of hydrogen-bond donors (Lipinski definition) is 2. The molecular weight excluding hydrogens is 495 g/mol. The molecule has 2 amide bonds. The molecule has 2 N–H and O–H groups in total. The number of likely N-dealkylation sites (tertiary alicyclic amines) is 1. The molecule has 0 aromatic heterocycles. The van der Waals surface area contributed by atoms with E-state index in [-0.39, 0.29) is 59.5 Å². The van der Waals surface area contributed by atoms with Crippen molar-refractivity contribution in [3.8, 4) is 0 Å². The summed E-state index contributed by atoms with van der Waals surface area (Å²) in [7, 11) is 3.91. The summed E-state index contributed by atoms with van der Waals surface area (Å²) >= 11 is 0. The first-order chi connectivity index (χ1) is 14.0. The number of amides is 2. The minimum Gasteiger partial charge on any atom is -0.355 e. The topological polar surface area (TPSA) is 80.3 Å². The molecule has 4 rings (SSSR count). The number of aliphatic imine (C=N–C) groups is 1. The van der Waals surface area contributed by atoms with Crippen LogP contribution in [0.5, 0.6) is 0 Å². The number of imide groups is 1. The van der Waals surface area contributed by atoms with E-state index in [0.717, 1.165) is 39.1 Å². The molecule has 0 aromatic carbocycles.